The Kier molecular flexibility index (Phi) is 6.45. The monoisotopic (exact) mass is 380 g/mol. The van der Waals surface area contributed by atoms with Crippen molar-refractivity contribution < 1.29 is 13.2 Å². The Hall–Kier alpha value is -2.05. The molecule has 1 amide bonds. The number of halogens is 1. The number of hydrogen-bond acceptors (Lipinski definition) is 3. The molecule has 1 atom stereocenters. The first-order chi connectivity index (χ1) is 11.8. The molecule has 0 aromatic heterocycles. The number of anilines is 1. The summed E-state index contributed by atoms with van der Waals surface area (Å²) in [6.07, 6.45) is 1.44. The zero-order valence-corrected chi connectivity index (χ0v) is 15.7. The number of rotatable bonds is 7. The van der Waals surface area contributed by atoms with Crippen LogP contribution < -0.4 is 9.62 Å². The number of hydrogen-bond donors (Lipinski definition) is 1. The SMILES string of the molecule is CC[C@H](C(=O)NCc1ccccc1)N(c1ccc(Cl)cc1)S(C)(=O)=O. The Bertz CT molecular complexity index is 808. The molecule has 2 aromatic rings. The number of sulfonamides is 1. The highest BCUT2D eigenvalue weighted by molar-refractivity contribution is 7.92. The first-order valence-electron chi connectivity index (χ1n) is 7.89. The van der Waals surface area contributed by atoms with Gasteiger partial charge in [0, 0.05) is 11.6 Å². The third kappa shape index (κ3) is 5.21. The zero-order valence-electron chi connectivity index (χ0n) is 14.1. The van der Waals surface area contributed by atoms with E-state index < -0.39 is 16.1 Å². The molecule has 0 bridgehead atoms. The fourth-order valence-corrected chi connectivity index (χ4v) is 3.89. The van der Waals surface area contributed by atoms with Crippen molar-refractivity contribution in [3.05, 3.63) is 65.2 Å². The van der Waals surface area contributed by atoms with E-state index in [1.807, 2.05) is 30.3 Å². The van der Waals surface area contributed by atoms with Crippen molar-refractivity contribution in [3.8, 4) is 0 Å². The van der Waals surface area contributed by atoms with Crippen LogP contribution in [-0.4, -0.2) is 26.6 Å². The molecule has 0 unspecified atom stereocenters. The third-order valence-corrected chi connectivity index (χ3v) is 5.15. The summed E-state index contributed by atoms with van der Waals surface area (Å²) in [6, 6.07) is 15.0. The van der Waals surface area contributed by atoms with Crippen molar-refractivity contribution in [1.82, 2.24) is 5.32 Å². The summed E-state index contributed by atoms with van der Waals surface area (Å²) >= 11 is 5.88. The van der Waals surface area contributed by atoms with Gasteiger partial charge in [0.05, 0.1) is 11.9 Å². The minimum Gasteiger partial charge on any atom is -0.350 e. The molecule has 0 radical (unpaired) electrons. The minimum absolute atomic E-state index is 0.341. The molecule has 2 rings (SSSR count). The molecule has 2 aromatic carbocycles. The molecular weight excluding hydrogens is 360 g/mol. The fourth-order valence-electron chi connectivity index (χ4n) is 2.55. The van der Waals surface area contributed by atoms with Gasteiger partial charge in [-0.2, -0.15) is 0 Å². The van der Waals surface area contributed by atoms with Crippen molar-refractivity contribution in [2.24, 2.45) is 0 Å². The molecule has 0 aliphatic carbocycles. The highest BCUT2D eigenvalue weighted by atomic mass is 35.5. The van der Waals surface area contributed by atoms with Gasteiger partial charge in [-0.1, -0.05) is 48.9 Å². The second kappa shape index (κ2) is 8.36. The Morgan fingerprint density at radius 2 is 1.72 bits per heavy atom. The Balaban J connectivity index is 2.23. The molecular formula is C18H21ClN2O3S. The molecule has 1 N–H and O–H groups in total. The number of amides is 1. The zero-order chi connectivity index (χ0) is 18.4. The number of carbonyl (C=O) groups excluding carboxylic acids is 1. The minimum atomic E-state index is -3.64. The van der Waals surface area contributed by atoms with Gasteiger partial charge >= 0.3 is 0 Å². The van der Waals surface area contributed by atoms with Crippen molar-refractivity contribution in [3.63, 3.8) is 0 Å². The van der Waals surface area contributed by atoms with Crippen molar-refractivity contribution in [2.45, 2.75) is 25.9 Å². The lowest BCUT2D eigenvalue weighted by Gasteiger charge is -2.30. The fraction of sp³-hybridized carbons (Fsp3) is 0.278. The number of nitrogens with one attached hydrogen (secondary N) is 1. The summed E-state index contributed by atoms with van der Waals surface area (Å²) in [4.78, 5) is 12.6. The molecule has 5 nitrogen and oxygen atoms in total. The van der Waals surface area contributed by atoms with E-state index in [4.69, 9.17) is 11.6 Å². The van der Waals surface area contributed by atoms with E-state index in [9.17, 15) is 13.2 Å². The molecule has 0 heterocycles. The lowest BCUT2D eigenvalue weighted by molar-refractivity contribution is -0.122. The van der Waals surface area contributed by atoms with Gasteiger partial charge in [-0.3, -0.25) is 9.10 Å². The van der Waals surface area contributed by atoms with E-state index >= 15 is 0 Å². The van der Waals surface area contributed by atoms with Crippen LogP contribution in [0.1, 0.15) is 18.9 Å². The summed E-state index contributed by atoms with van der Waals surface area (Å²) < 4.78 is 25.8. The van der Waals surface area contributed by atoms with Crippen LogP contribution in [-0.2, 0) is 21.4 Å². The molecule has 7 heteroatoms. The predicted molar refractivity (Wildman–Crippen MR) is 101 cm³/mol. The van der Waals surface area contributed by atoms with Gasteiger partial charge in [0.1, 0.15) is 6.04 Å². The van der Waals surface area contributed by atoms with Gasteiger partial charge in [-0.05, 0) is 36.2 Å². The Morgan fingerprint density at radius 3 is 2.24 bits per heavy atom. The van der Waals surface area contributed by atoms with E-state index in [-0.39, 0.29) is 5.91 Å². The van der Waals surface area contributed by atoms with Gasteiger partial charge in [0.2, 0.25) is 15.9 Å². The first kappa shape index (κ1) is 19.3. The van der Waals surface area contributed by atoms with Gasteiger partial charge in [-0.15, -0.1) is 0 Å². The quantitative estimate of drug-likeness (QED) is 0.802. The molecule has 0 fully saturated rings. The number of benzene rings is 2. The summed E-state index contributed by atoms with van der Waals surface area (Å²) in [5, 5.41) is 3.31. The molecule has 25 heavy (non-hydrogen) atoms. The van der Waals surface area contributed by atoms with Crippen molar-refractivity contribution >= 4 is 33.2 Å². The molecule has 0 saturated heterocycles. The van der Waals surface area contributed by atoms with E-state index in [0.29, 0.717) is 23.7 Å². The van der Waals surface area contributed by atoms with Crippen LogP contribution in [0, 0.1) is 0 Å². The maximum Gasteiger partial charge on any atom is 0.244 e. The van der Waals surface area contributed by atoms with E-state index in [2.05, 4.69) is 5.32 Å². The van der Waals surface area contributed by atoms with Crippen LogP contribution in [0.2, 0.25) is 5.02 Å². The maximum absolute atomic E-state index is 12.6. The van der Waals surface area contributed by atoms with Crippen LogP contribution in [0.15, 0.2) is 54.6 Å². The van der Waals surface area contributed by atoms with Crippen LogP contribution in [0.5, 0.6) is 0 Å². The highest BCUT2D eigenvalue weighted by Crippen LogP contribution is 2.24. The average molecular weight is 381 g/mol. The van der Waals surface area contributed by atoms with Gasteiger partial charge in [0.25, 0.3) is 0 Å². The normalized spacial score (nSPS) is 12.4. The van der Waals surface area contributed by atoms with E-state index in [1.165, 1.54) is 0 Å². The lowest BCUT2D eigenvalue weighted by Crippen LogP contribution is -2.49. The first-order valence-corrected chi connectivity index (χ1v) is 10.1. The maximum atomic E-state index is 12.6. The van der Waals surface area contributed by atoms with Gasteiger partial charge in [0.15, 0.2) is 0 Å². The molecule has 0 spiro atoms. The standard InChI is InChI=1S/C18H21ClN2O3S/c1-3-17(18(22)20-13-14-7-5-4-6-8-14)21(25(2,23)24)16-11-9-15(19)10-12-16/h4-12,17H,3,13H2,1-2H3,(H,20,22)/t17-/m1/s1. The van der Waals surface area contributed by atoms with E-state index in [1.54, 1.807) is 31.2 Å². The second-order valence-corrected chi connectivity index (χ2v) is 7.96. The highest BCUT2D eigenvalue weighted by Gasteiger charge is 2.31. The topological polar surface area (TPSA) is 66.5 Å². The smallest absolute Gasteiger partial charge is 0.244 e. The lowest BCUT2D eigenvalue weighted by atomic mass is 10.1. The van der Waals surface area contributed by atoms with Crippen LogP contribution in [0.3, 0.4) is 0 Å². The number of carbonyl (C=O) groups is 1. The second-order valence-electron chi connectivity index (χ2n) is 5.66. The van der Waals surface area contributed by atoms with E-state index in [0.717, 1.165) is 16.1 Å². The van der Waals surface area contributed by atoms with Crippen molar-refractivity contribution in [1.29, 1.82) is 0 Å². The van der Waals surface area contributed by atoms with Crippen LogP contribution in [0.25, 0.3) is 0 Å². The average Bonchev–Trinajstić information content (AvgIpc) is 2.58. The molecule has 0 aliphatic heterocycles. The molecule has 0 aliphatic rings. The number of nitrogens with zero attached hydrogens (tertiary/aromatic N) is 1. The summed E-state index contributed by atoms with van der Waals surface area (Å²) in [5.41, 5.74) is 1.36. The summed E-state index contributed by atoms with van der Waals surface area (Å²) in [5.74, 6) is -0.341. The predicted octanol–water partition coefficient (Wildman–Crippen LogP) is 3.20. The largest absolute Gasteiger partial charge is 0.350 e. The Labute approximate surface area is 153 Å². The van der Waals surface area contributed by atoms with Gasteiger partial charge < -0.3 is 5.32 Å². The van der Waals surface area contributed by atoms with Crippen molar-refractivity contribution in [2.75, 3.05) is 10.6 Å². The third-order valence-electron chi connectivity index (χ3n) is 3.72. The van der Waals surface area contributed by atoms with Crippen LogP contribution >= 0.6 is 11.6 Å². The Morgan fingerprint density at radius 1 is 1.12 bits per heavy atom. The summed E-state index contributed by atoms with van der Waals surface area (Å²) in [6.45, 7) is 2.12. The molecule has 0 saturated carbocycles. The molecule has 134 valence electrons. The summed E-state index contributed by atoms with van der Waals surface area (Å²) in [7, 11) is -3.64. The van der Waals surface area contributed by atoms with Gasteiger partial charge in [-0.25, -0.2) is 8.42 Å². The van der Waals surface area contributed by atoms with Crippen LogP contribution in [0.4, 0.5) is 5.69 Å².